The van der Waals surface area contributed by atoms with Gasteiger partial charge in [0.15, 0.2) is 0 Å². The molecule has 1 aliphatic rings. The summed E-state index contributed by atoms with van der Waals surface area (Å²) in [6, 6.07) is 7.23. The number of para-hydroxylation sites is 1. The monoisotopic (exact) mass is 355 g/mol. The van der Waals surface area contributed by atoms with Gasteiger partial charge < -0.3 is 10.2 Å². The van der Waals surface area contributed by atoms with E-state index >= 15 is 0 Å². The molecule has 0 spiro atoms. The number of anilines is 1. The van der Waals surface area contributed by atoms with Gasteiger partial charge in [-0.1, -0.05) is 31.9 Å². The van der Waals surface area contributed by atoms with Crippen LogP contribution in [0.3, 0.4) is 0 Å². The topological polar surface area (TPSA) is 80.1 Å². The molecule has 0 radical (unpaired) electrons. The zero-order valence-electron chi connectivity index (χ0n) is 15.1. The third-order valence-electron chi connectivity index (χ3n) is 4.68. The fraction of sp³-hybridized carbons (Fsp3) is 0.474. The molecule has 1 aliphatic heterocycles. The van der Waals surface area contributed by atoms with Gasteiger partial charge in [-0.05, 0) is 25.0 Å². The molecule has 0 saturated carbocycles. The highest BCUT2D eigenvalue weighted by Crippen LogP contribution is 2.20. The lowest BCUT2D eigenvalue weighted by molar-refractivity contribution is -0.119. The van der Waals surface area contributed by atoms with Crippen LogP contribution in [-0.4, -0.2) is 44.6 Å². The van der Waals surface area contributed by atoms with E-state index in [1.54, 1.807) is 23.1 Å². The quantitative estimate of drug-likeness (QED) is 0.894. The third-order valence-corrected chi connectivity index (χ3v) is 4.68. The Labute approximate surface area is 153 Å². The summed E-state index contributed by atoms with van der Waals surface area (Å²) < 4.78 is 1.62. The van der Waals surface area contributed by atoms with Crippen LogP contribution < -0.4 is 5.32 Å². The first-order valence-corrected chi connectivity index (χ1v) is 9.16. The predicted molar refractivity (Wildman–Crippen MR) is 98.6 cm³/mol. The minimum Gasteiger partial charge on any atom is -0.339 e. The lowest BCUT2D eigenvalue weighted by Crippen LogP contribution is -2.33. The van der Waals surface area contributed by atoms with Crippen LogP contribution in [0.1, 0.15) is 43.0 Å². The first-order chi connectivity index (χ1) is 12.6. The fourth-order valence-electron chi connectivity index (χ4n) is 3.17. The number of amides is 2. The van der Waals surface area contributed by atoms with Gasteiger partial charge in [0.05, 0.1) is 23.7 Å². The molecule has 1 fully saturated rings. The summed E-state index contributed by atoms with van der Waals surface area (Å²) in [6.07, 6.45) is 7.44. The SMILES string of the molecule is CC(Cn1cncn1)C(=O)Nc1ccccc1C(=O)N1CCCCCC1. The van der Waals surface area contributed by atoms with Crippen LogP contribution in [0.2, 0.25) is 0 Å². The molecule has 2 amide bonds. The molecule has 1 aromatic heterocycles. The van der Waals surface area contributed by atoms with Crippen molar-refractivity contribution in [2.45, 2.75) is 39.2 Å². The number of nitrogens with zero attached hydrogens (tertiary/aromatic N) is 4. The Kier molecular flexibility index (Phi) is 5.99. The van der Waals surface area contributed by atoms with E-state index in [1.165, 1.54) is 19.2 Å². The summed E-state index contributed by atoms with van der Waals surface area (Å²) in [7, 11) is 0. The standard InChI is InChI=1S/C19H25N5O2/c1-15(12-24-14-20-13-21-24)18(25)22-17-9-5-4-8-16(17)19(26)23-10-6-2-3-7-11-23/h4-5,8-9,13-15H,2-3,6-7,10-12H2,1H3,(H,22,25). The summed E-state index contributed by atoms with van der Waals surface area (Å²) in [6.45, 7) is 3.83. The molecule has 1 aromatic carbocycles. The molecule has 26 heavy (non-hydrogen) atoms. The van der Waals surface area contributed by atoms with E-state index in [9.17, 15) is 9.59 Å². The smallest absolute Gasteiger partial charge is 0.255 e. The van der Waals surface area contributed by atoms with E-state index in [1.807, 2.05) is 24.0 Å². The minimum absolute atomic E-state index is 0.00766. The van der Waals surface area contributed by atoms with Crippen molar-refractivity contribution >= 4 is 17.5 Å². The van der Waals surface area contributed by atoms with Crippen LogP contribution >= 0.6 is 0 Å². The summed E-state index contributed by atoms with van der Waals surface area (Å²) in [4.78, 5) is 31.3. The number of hydrogen-bond acceptors (Lipinski definition) is 4. The van der Waals surface area contributed by atoms with E-state index in [2.05, 4.69) is 15.4 Å². The third kappa shape index (κ3) is 4.47. The van der Waals surface area contributed by atoms with Gasteiger partial charge in [-0.25, -0.2) is 4.98 Å². The van der Waals surface area contributed by atoms with Crippen LogP contribution in [0.5, 0.6) is 0 Å². The molecule has 3 rings (SSSR count). The molecule has 7 heteroatoms. The Hall–Kier alpha value is -2.70. The van der Waals surface area contributed by atoms with E-state index in [0.29, 0.717) is 17.8 Å². The highest BCUT2D eigenvalue weighted by molar-refractivity contribution is 6.04. The lowest BCUT2D eigenvalue weighted by atomic mass is 10.1. The molecule has 2 aromatic rings. The second-order valence-corrected chi connectivity index (χ2v) is 6.76. The second-order valence-electron chi connectivity index (χ2n) is 6.76. The zero-order valence-corrected chi connectivity index (χ0v) is 15.1. The van der Waals surface area contributed by atoms with E-state index in [-0.39, 0.29) is 17.7 Å². The summed E-state index contributed by atoms with van der Waals surface area (Å²) in [5.74, 6) is -0.443. The number of hydrogen-bond donors (Lipinski definition) is 1. The Balaban J connectivity index is 1.70. The summed E-state index contributed by atoms with van der Waals surface area (Å²) in [5, 5.41) is 6.94. The minimum atomic E-state index is -0.293. The molecular weight excluding hydrogens is 330 g/mol. The van der Waals surface area contributed by atoms with Crippen LogP contribution in [0, 0.1) is 5.92 Å². The van der Waals surface area contributed by atoms with Crippen molar-refractivity contribution in [2.75, 3.05) is 18.4 Å². The van der Waals surface area contributed by atoms with Crippen LogP contribution in [0.4, 0.5) is 5.69 Å². The van der Waals surface area contributed by atoms with Gasteiger partial charge in [0.2, 0.25) is 5.91 Å². The van der Waals surface area contributed by atoms with Gasteiger partial charge in [-0.3, -0.25) is 14.3 Å². The molecule has 2 heterocycles. The van der Waals surface area contributed by atoms with Gasteiger partial charge in [0.25, 0.3) is 5.91 Å². The van der Waals surface area contributed by atoms with Gasteiger partial charge >= 0.3 is 0 Å². The molecule has 1 saturated heterocycles. The normalized spacial score (nSPS) is 16.0. The highest BCUT2D eigenvalue weighted by Gasteiger charge is 2.22. The summed E-state index contributed by atoms with van der Waals surface area (Å²) >= 11 is 0. The Morgan fingerprint density at radius 1 is 1.15 bits per heavy atom. The van der Waals surface area contributed by atoms with Crippen molar-refractivity contribution < 1.29 is 9.59 Å². The second kappa shape index (κ2) is 8.60. The number of rotatable bonds is 5. The Morgan fingerprint density at radius 2 is 1.88 bits per heavy atom. The number of aromatic nitrogens is 3. The number of nitrogens with one attached hydrogen (secondary N) is 1. The van der Waals surface area contributed by atoms with Crippen molar-refractivity contribution in [1.29, 1.82) is 0 Å². The summed E-state index contributed by atoms with van der Waals surface area (Å²) in [5.41, 5.74) is 1.12. The van der Waals surface area contributed by atoms with Crippen LogP contribution in [0.25, 0.3) is 0 Å². The molecule has 138 valence electrons. The van der Waals surface area contributed by atoms with Crippen molar-refractivity contribution in [3.63, 3.8) is 0 Å². The maximum Gasteiger partial charge on any atom is 0.255 e. The zero-order chi connectivity index (χ0) is 18.4. The number of benzene rings is 1. The van der Waals surface area contributed by atoms with Crippen molar-refractivity contribution in [2.24, 2.45) is 5.92 Å². The number of carbonyl (C=O) groups is 2. The molecule has 1 unspecified atom stereocenters. The average Bonchev–Trinajstić information content (AvgIpc) is 3.01. The van der Waals surface area contributed by atoms with Crippen molar-refractivity contribution in [3.8, 4) is 0 Å². The van der Waals surface area contributed by atoms with E-state index in [4.69, 9.17) is 0 Å². The van der Waals surface area contributed by atoms with Gasteiger partial charge in [0, 0.05) is 13.1 Å². The van der Waals surface area contributed by atoms with E-state index < -0.39 is 0 Å². The Morgan fingerprint density at radius 3 is 2.58 bits per heavy atom. The number of likely N-dealkylation sites (tertiary alicyclic amines) is 1. The van der Waals surface area contributed by atoms with Gasteiger partial charge in [-0.2, -0.15) is 5.10 Å². The molecule has 1 atom stereocenters. The van der Waals surface area contributed by atoms with Gasteiger partial charge in [-0.15, -0.1) is 0 Å². The Bertz CT molecular complexity index is 736. The predicted octanol–water partition coefficient (Wildman–Crippen LogP) is 2.57. The average molecular weight is 355 g/mol. The first kappa shape index (κ1) is 18.1. The maximum atomic E-state index is 12.9. The molecule has 1 N–H and O–H groups in total. The fourth-order valence-corrected chi connectivity index (χ4v) is 3.17. The van der Waals surface area contributed by atoms with Crippen molar-refractivity contribution in [3.05, 3.63) is 42.5 Å². The van der Waals surface area contributed by atoms with Gasteiger partial charge in [0.1, 0.15) is 12.7 Å². The molecule has 7 nitrogen and oxygen atoms in total. The number of carbonyl (C=O) groups excluding carboxylic acids is 2. The largest absolute Gasteiger partial charge is 0.339 e. The van der Waals surface area contributed by atoms with E-state index in [0.717, 1.165) is 25.9 Å². The highest BCUT2D eigenvalue weighted by atomic mass is 16.2. The molecular formula is C19H25N5O2. The molecule has 0 bridgehead atoms. The van der Waals surface area contributed by atoms with Crippen molar-refractivity contribution in [1.82, 2.24) is 19.7 Å². The lowest BCUT2D eigenvalue weighted by Gasteiger charge is -2.22. The molecule has 0 aliphatic carbocycles. The van der Waals surface area contributed by atoms with Crippen LogP contribution in [-0.2, 0) is 11.3 Å². The maximum absolute atomic E-state index is 12.9. The van der Waals surface area contributed by atoms with Crippen LogP contribution in [0.15, 0.2) is 36.9 Å². The first-order valence-electron chi connectivity index (χ1n) is 9.16.